The van der Waals surface area contributed by atoms with E-state index in [1.165, 1.54) is 19.6 Å². The van der Waals surface area contributed by atoms with Crippen molar-refractivity contribution in [3.05, 3.63) is 47.5 Å². The summed E-state index contributed by atoms with van der Waals surface area (Å²) in [7, 11) is 0. The molecule has 0 aliphatic carbocycles. The fraction of sp³-hybridized carbons (Fsp3) is 0.385. The van der Waals surface area contributed by atoms with Gasteiger partial charge in [-0.3, -0.25) is 0 Å². The van der Waals surface area contributed by atoms with E-state index in [0.717, 1.165) is 15.8 Å². The normalized spacial score (nSPS) is 16.3. The van der Waals surface area contributed by atoms with Crippen molar-refractivity contribution in [1.29, 1.82) is 0 Å². The summed E-state index contributed by atoms with van der Waals surface area (Å²) in [5.74, 6) is 0. The molecule has 2 unspecified atom stereocenters. The average Bonchev–Trinajstić information content (AvgIpc) is 2.80. The van der Waals surface area contributed by atoms with Crippen LogP contribution in [0.4, 0.5) is 4.39 Å². The number of benzene rings is 1. The van der Waals surface area contributed by atoms with E-state index >= 15 is 0 Å². The third kappa shape index (κ3) is 2.13. The van der Waals surface area contributed by atoms with E-state index in [9.17, 15) is 9.50 Å². The van der Waals surface area contributed by atoms with Crippen molar-refractivity contribution in [3.8, 4) is 0 Å². The molecule has 0 aliphatic rings. The second kappa shape index (κ2) is 4.49. The van der Waals surface area contributed by atoms with Gasteiger partial charge >= 0.3 is 0 Å². The third-order valence-electron chi connectivity index (χ3n) is 3.06. The molecule has 18 heavy (non-hydrogen) atoms. The zero-order valence-corrected chi connectivity index (χ0v) is 10.6. The topological polar surface area (TPSA) is 50.9 Å². The van der Waals surface area contributed by atoms with E-state index in [0.29, 0.717) is 5.56 Å². The molecule has 0 saturated heterocycles. The summed E-state index contributed by atoms with van der Waals surface area (Å²) in [5, 5.41) is 14.2. The summed E-state index contributed by atoms with van der Waals surface area (Å²) in [6.07, 6.45) is 0.814. The van der Waals surface area contributed by atoms with Crippen LogP contribution >= 0.6 is 0 Å². The van der Waals surface area contributed by atoms with Gasteiger partial charge in [-0.25, -0.2) is 14.1 Å². The number of aliphatic hydroxyl groups is 1. The maximum atomic E-state index is 14.3. The Balaban J connectivity index is 2.41. The number of nitrogens with zero attached hydrogens (tertiary/aromatic N) is 3. The van der Waals surface area contributed by atoms with Gasteiger partial charge in [-0.15, -0.1) is 0 Å². The maximum Gasteiger partial charge on any atom is 0.225 e. The van der Waals surface area contributed by atoms with E-state index in [1.807, 2.05) is 26.0 Å². The first-order chi connectivity index (χ1) is 8.43. The highest BCUT2D eigenvalue weighted by atomic mass is 19.1. The van der Waals surface area contributed by atoms with Crippen LogP contribution in [0.3, 0.4) is 0 Å². The molecule has 0 radical (unpaired) electrons. The molecular weight excluding hydrogens is 233 g/mol. The predicted molar refractivity (Wildman–Crippen MR) is 65.7 cm³/mol. The molecule has 2 atom stereocenters. The molecule has 96 valence electrons. The van der Waals surface area contributed by atoms with Gasteiger partial charge in [0.2, 0.25) is 6.30 Å². The van der Waals surface area contributed by atoms with Crippen molar-refractivity contribution in [2.75, 3.05) is 0 Å². The second-order valence-electron chi connectivity index (χ2n) is 4.68. The van der Waals surface area contributed by atoms with Crippen LogP contribution in [0.2, 0.25) is 0 Å². The van der Waals surface area contributed by atoms with Gasteiger partial charge in [-0.1, -0.05) is 23.8 Å². The maximum absolute atomic E-state index is 14.3. The minimum Gasteiger partial charge on any atom is -0.380 e. The predicted octanol–water partition coefficient (Wildman–Crippen LogP) is 2.27. The quantitative estimate of drug-likeness (QED) is 0.907. The standard InChI is InChI=1S/C13H16FN3O/c1-9-4-5-11(10(2)6-9)13(3,18)12(14)17-8-15-7-16-17/h4-8,12,18H,1-3H3. The van der Waals surface area contributed by atoms with Crippen LogP contribution < -0.4 is 0 Å². The Labute approximate surface area is 105 Å². The lowest BCUT2D eigenvalue weighted by molar-refractivity contribution is -0.0668. The summed E-state index contributed by atoms with van der Waals surface area (Å²) in [5.41, 5.74) is 0.827. The minimum atomic E-state index is -1.68. The molecule has 2 aromatic rings. The summed E-state index contributed by atoms with van der Waals surface area (Å²) >= 11 is 0. The first kappa shape index (κ1) is 12.7. The summed E-state index contributed by atoms with van der Waals surface area (Å²) in [4.78, 5) is 3.69. The van der Waals surface area contributed by atoms with E-state index in [1.54, 1.807) is 6.07 Å². The molecule has 1 aromatic heterocycles. The van der Waals surface area contributed by atoms with Gasteiger partial charge in [0, 0.05) is 0 Å². The monoisotopic (exact) mass is 249 g/mol. The third-order valence-corrected chi connectivity index (χ3v) is 3.06. The molecule has 1 N–H and O–H groups in total. The van der Waals surface area contributed by atoms with E-state index in [2.05, 4.69) is 10.1 Å². The van der Waals surface area contributed by atoms with Crippen LogP contribution in [0.1, 0.15) is 29.9 Å². The van der Waals surface area contributed by atoms with Gasteiger partial charge in [0.15, 0.2) is 0 Å². The molecule has 0 spiro atoms. The fourth-order valence-electron chi connectivity index (χ4n) is 2.10. The van der Waals surface area contributed by atoms with E-state index < -0.39 is 11.9 Å². The lowest BCUT2D eigenvalue weighted by atomic mass is 9.90. The van der Waals surface area contributed by atoms with Gasteiger partial charge < -0.3 is 5.11 Å². The smallest absolute Gasteiger partial charge is 0.225 e. The molecule has 0 aliphatic heterocycles. The summed E-state index contributed by atoms with van der Waals surface area (Å²) in [6.45, 7) is 5.25. The number of aryl methyl sites for hydroxylation is 2. The van der Waals surface area contributed by atoms with Crippen LogP contribution in [0.15, 0.2) is 30.9 Å². The average molecular weight is 249 g/mol. The first-order valence-corrected chi connectivity index (χ1v) is 5.71. The molecule has 0 amide bonds. The highest BCUT2D eigenvalue weighted by Gasteiger charge is 2.37. The number of hydrogen-bond acceptors (Lipinski definition) is 3. The van der Waals surface area contributed by atoms with Crippen molar-refractivity contribution in [2.24, 2.45) is 0 Å². The minimum absolute atomic E-state index is 0.552. The van der Waals surface area contributed by atoms with Crippen LogP contribution in [0.5, 0.6) is 0 Å². The summed E-state index contributed by atoms with van der Waals surface area (Å²) < 4.78 is 15.3. The number of rotatable bonds is 3. The number of halogens is 1. The van der Waals surface area contributed by atoms with Crippen molar-refractivity contribution in [3.63, 3.8) is 0 Å². The van der Waals surface area contributed by atoms with Gasteiger partial charge in [0.1, 0.15) is 18.3 Å². The van der Waals surface area contributed by atoms with Crippen molar-refractivity contribution >= 4 is 0 Å². The lowest BCUT2D eigenvalue weighted by Crippen LogP contribution is -2.32. The van der Waals surface area contributed by atoms with Gasteiger partial charge in [0.05, 0.1) is 0 Å². The Hall–Kier alpha value is -1.75. The molecule has 0 saturated carbocycles. The van der Waals surface area contributed by atoms with Crippen molar-refractivity contribution in [1.82, 2.24) is 14.8 Å². The Bertz CT molecular complexity index is 537. The number of aromatic nitrogens is 3. The molecule has 0 bridgehead atoms. The number of hydrogen-bond donors (Lipinski definition) is 1. The molecule has 5 heteroatoms. The zero-order valence-electron chi connectivity index (χ0n) is 10.6. The zero-order chi connectivity index (χ0) is 13.3. The van der Waals surface area contributed by atoms with E-state index in [4.69, 9.17) is 0 Å². The van der Waals surface area contributed by atoms with E-state index in [-0.39, 0.29) is 0 Å². The highest BCUT2D eigenvalue weighted by Crippen LogP contribution is 2.35. The molecule has 4 nitrogen and oxygen atoms in total. The van der Waals surface area contributed by atoms with Gasteiger partial charge in [-0.2, -0.15) is 5.10 Å². The molecule has 1 aromatic carbocycles. The van der Waals surface area contributed by atoms with Crippen LogP contribution in [0.25, 0.3) is 0 Å². The Kier molecular flexibility index (Phi) is 3.17. The largest absolute Gasteiger partial charge is 0.380 e. The fourth-order valence-corrected chi connectivity index (χ4v) is 2.10. The van der Waals surface area contributed by atoms with Crippen molar-refractivity contribution in [2.45, 2.75) is 32.7 Å². The first-order valence-electron chi connectivity index (χ1n) is 5.71. The SMILES string of the molecule is Cc1ccc(C(C)(O)C(F)n2cncn2)c(C)c1. The Morgan fingerprint density at radius 2 is 2.11 bits per heavy atom. The summed E-state index contributed by atoms with van der Waals surface area (Å²) in [6, 6.07) is 5.51. The van der Waals surface area contributed by atoms with Gasteiger partial charge in [-0.05, 0) is 31.9 Å². The number of alkyl halides is 1. The van der Waals surface area contributed by atoms with Crippen LogP contribution in [-0.2, 0) is 5.60 Å². The van der Waals surface area contributed by atoms with Crippen molar-refractivity contribution < 1.29 is 9.50 Å². The van der Waals surface area contributed by atoms with Crippen LogP contribution in [0, 0.1) is 13.8 Å². The Morgan fingerprint density at radius 3 is 2.67 bits per heavy atom. The molecule has 0 fully saturated rings. The second-order valence-corrected chi connectivity index (χ2v) is 4.68. The lowest BCUT2D eigenvalue weighted by Gasteiger charge is -2.29. The molecule has 1 heterocycles. The highest BCUT2D eigenvalue weighted by molar-refractivity contribution is 5.34. The Morgan fingerprint density at radius 1 is 1.39 bits per heavy atom. The van der Waals surface area contributed by atoms with Crippen LogP contribution in [-0.4, -0.2) is 19.9 Å². The molecule has 2 rings (SSSR count). The molecular formula is C13H16FN3O. The van der Waals surface area contributed by atoms with Gasteiger partial charge in [0.25, 0.3) is 0 Å².